The number of ether oxygens (including phenoxy) is 1. The third-order valence-corrected chi connectivity index (χ3v) is 3.20. The highest BCUT2D eigenvalue weighted by Gasteiger charge is 2.44. The van der Waals surface area contributed by atoms with Crippen molar-refractivity contribution in [2.75, 3.05) is 7.11 Å². The minimum atomic E-state index is 0.369. The van der Waals surface area contributed by atoms with Gasteiger partial charge < -0.3 is 4.74 Å². The van der Waals surface area contributed by atoms with Gasteiger partial charge >= 0.3 is 0 Å². The second-order valence-electron chi connectivity index (χ2n) is 3.63. The highest BCUT2D eigenvalue weighted by molar-refractivity contribution is 5.83. The second kappa shape index (κ2) is 2.59. The van der Waals surface area contributed by atoms with Crippen LogP contribution in [0.5, 0.6) is 0 Å². The van der Waals surface area contributed by atoms with Gasteiger partial charge in [-0.25, -0.2) is 0 Å². The lowest BCUT2D eigenvalue weighted by Crippen LogP contribution is -2.45. The van der Waals surface area contributed by atoms with E-state index in [-0.39, 0.29) is 0 Å². The Morgan fingerprint density at radius 2 is 2.18 bits per heavy atom. The van der Waals surface area contributed by atoms with E-state index >= 15 is 0 Å². The molecule has 0 spiro atoms. The molecule has 2 rings (SSSR count). The van der Waals surface area contributed by atoms with E-state index in [9.17, 15) is 4.79 Å². The van der Waals surface area contributed by atoms with Crippen LogP contribution in [-0.2, 0) is 9.53 Å². The average Bonchev–Trinajstić information content (AvgIpc) is 1.93. The van der Waals surface area contributed by atoms with E-state index in [2.05, 4.69) is 0 Å². The van der Waals surface area contributed by atoms with Gasteiger partial charge in [-0.1, -0.05) is 0 Å². The number of hydrogen-bond acceptors (Lipinski definition) is 2. The van der Waals surface area contributed by atoms with Crippen molar-refractivity contribution in [3.05, 3.63) is 0 Å². The Labute approximate surface area is 66.9 Å². The third kappa shape index (κ3) is 1.00. The summed E-state index contributed by atoms with van der Waals surface area (Å²) in [6.45, 7) is 0. The molecule has 0 bridgehead atoms. The first-order chi connectivity index (χ1) is 5.33. The molecule has 0 aromatic rings. The molecule has 62 valence electrons. The van der Waals surface area contributed by atoms with E-state index in [1.807, 2.05) is 0 Å². The molecule has 2 nitrogen and oxygen atoms in total. The first-order valence-corrected chi connectivity index (χ1v) is 4.38. The van der Waals surface area contributed by atoms with E-state index in [0.717, 1.165) is 19.3 Å². The average molecular weight is 154 g/mol. The normalized spacial score (nSPS) is 43.0. The number of hydrogen-bond donors (Lipinski definition) is 0. The van der Waals surface area contributed by atoms with Crippen molar-refractivity contribution in [3.63, 3.8) is 0 Å². The summed E-state index contributed by atoms with van der Waals surface area (Å²) < 4.78 is 5.32. The third-order valence-electron chi connectivity index (χ3n) is 3.20. The minimum absolute atomic E-state index is 0.369. The molecule has 2 aliphatic carbocycles. The standard InChI is InChI=1S/C9H14O2/c1-11-9-5-4-8(10)6-2-3-7(6)9/h6-7,9H,2-5H2,1H3. The zero-order valence-corrected chi connectivity index (χ0v) is 6.88. The molecule has 0 heterocycles. The van der Waals surface area contributed by atoms with Crippen LogP contribution in [-0.4, -0.2) is 19.0 Å². The van der Waals surface area contributed by atoms with Gasteiger partial charge in [-0.2, -0.15) is 0 Å². The maximum absolute atomic E-state index is 11.3. The highest BCUT2D eigenvalue weighted by atomic mass is 16.5. The molecule has 0 saturated heterocycles. The number of rotatable bonds is 1. The molecule has 0 N–H and O–H groups in total. The van der Waals surface area contributed by atoms with Crippen molar-refractivity contribution in [1.29, 1.82) is 0 Å². The van der Waals surface area contributed by atoms with Gasteiger partial charge in [-0.15, -0.1) is 0 Å². The minimum Gasteiger partial charge on any atom is -0.381 e. The van der Waals surface area contributed by atoms with E-state index in [1.165, 1.54) is 6.42 Å². The van der Waals surface area contributed by atoms with Gasteiger partial charge in [0.05, 0.1) is 6.10 Å². The largest absolute Gasteiger partial charge is 0.381 e. The fraction of sp³-hybridized carbons (Fsp3) is 0.889. The number of carbonyl (C=O) groups is 1. The topological polar surface area (TPSA) is 26.3 Å². The van der Waals surface area contributed by atoms with Gasteiger partial charge in [0.2, 0.25) is 0 Å². The molecule has 3 unspecified atom stereocenters. The monoisotopic (exact) mass is 154 g/mol. The van der Waals surface area contributed by atoms with Gasteiger partial charge in [0.25, 0.3) is 0 Å². The van der Waals surface area contributed by atoms with E-state index in [0.29, 0.717) is 23.7 Å². The Balaban J connectivity index is 2.04. The summed E-state index contributed by atoms with van der Waals surface area (Å²) in [5.41, 5.74) is 0. The van der Waals surface area contributed by atoms with Crippen molar-refractivity contribution >= 4 is 5.78 Å². The molecular weight excluding hydrogens is 140 g/mol. The Morgan fingerprint density at radius 3 is 2.73 bits per heavy atom. The predicted molar refractivity (Wildman–Crippen MR) is 41.3 cm³/mol. The zero-order valence-electron chi connectivity index (χ0n) is 6.88. The zero-order chi connectivity index (χ0) is 7.84. The molecule has 0 aliphatic heterocycles. The molecule has 0 aromatic carbocycles. The maximum Gasteiger partial charge on any atom is 0.136 e. The smallest absolute Gasteiger partial charge is 0.136 e. The van der Waals surface area contributed by atoms with Crippen LogP contribution in [0, 0.1) is 11.8 Å². The van der Waals surface area contributed by atoms with E-state index in [4.69, 9.17) is 4.74 Å². The molecule has 2 fully saturated rings. The Hall–Kier alpha value is -0.370. The summed E-state index contributed by atoms with van der Waals surface area (Å²) in [5.74, 6) is 1.42. The summed E-state index contributed by atoms with van der Waals surface area (Å²) in [4.78, 5) is 11.3. The fourth-order valence-electron chi connectivity index (χ4n) is 2.35. The van der Waals surface area contributed by atoms with Crippen molar-refractivity contribution in [3.8, 4) is 0 Å². The van der Waals surface area contributed by atoms with Gasteiger partial charge in [-0.05, 0) is 25.2 Å². The molecule has 2 aliphatic rings. The van der Waals surface area contributed by atoms with Crippen LogP contribution in [0.25, 0.3) is 0 Å². The quantitative estimate of drug-likeness (QED) is 0.570. The van der Waals surface area contributed by atoms with Gasteiger partial charge in [0.1, 0.15) is 5.78 Å². The molecule has 2 saturated carbocycles. The number of fused-ring (bicyclic) bond motifs is 1. The molecule has 11 heavy (non-hydrogen) atoms. The Kier molecular flexibility index (Phi) is 1.72. The summed E-state index contributed by atoms with van der Waals surface area (Å²) in [7, 11) is 1.76. The van der Waals surface area contributed by atoms with E-state index < -0.39 is 0 Å². The number of ketones is 1. The molecule has 2 heteroatoms. The SMILES string of the molecule is COC1CCC(=O)C2CCC12. The summed E-state index contributed by atoms with van der Waals surface area (Å²) in [5, 5.41) is 0. The number of methoxy groups -OCH3 is 1. The van der Waals surface area contributed by atoms with Crippen molar-refractivity contribution in [2.24, 2.45) is 11.8 Å². The van der Waals surface area contributed by atoms with Crippen LogP contribution in [0.15, 0.2) is 0 Å². The van der Waals surface area contributed by atoms with Crippen LogP contribution in [0.2, 0.25) is 0 Å². The summed E-state index contributed by atoms with van der Waals surface area (Å²) in [6.07, 6.45) is 4.40. The van der Waals surface area contributed by atoms with E-state index in [1.54, 1.807) is 7.11 Å². The summed E-state index contributed by atoms with van der Waals surface area (Å²) in [6, 6.07) is 0. The Bertz CT molecular complexity index is 176. The molecule has 3 atom stereocenters. The number of carbonyl (C=O) groups excluding carboxylic acids is 1. The van der Waals surface area contributed by atoms with Crippen LogP contribution in [0.3, 0.4) is 0 Å². The predicted octanol–water partition coefficient (Wildman–Crippen LogP) is 1.39. The first kappa shape index (κ1) is 7.29. The van der Waals surface area contributed by atoms with Crippen molar-refractivity contribution in [2.45, 2.75) is 31.8 Å². The lowest BCUT2D eigenvalue weighted by Gasteiger charge is -2.43. The van der Waals surface area contributed by atoms with Gasteiger partial charge in [-0.3, -0.25) is 4.79 Å². The molecular formula is C9H14O2. The van der Waals surface area contributed by atoms with Crippen LogP contribution >= 0.6 is 0 Å². The highest BCUT2D eigenvalue weighted by Crippen LogP contribution is 2.43. The Morgan fingerprint density at radius 1 is 1.36 bits per heavy atom. The molecule has 0 amide bonds. The lowest BCUT2D eigenvalue weighted by atomic mass is 9.63. The first-order valence-electron chi connectivity index (χ1n) is 4.38. The second-order valence-corrected chi connectivity index (χ2v) is 3.63. The van der Waals surface area contributed by atoms with Crippen LogP contribution in [0.4, 0.5) is 0 Å². The fourth-order valence-corrected chi connectivity index (χ4v) is 2.35. The van der Waals surface area contributed by atoms with Crippen molar-refractivity contribution in [1.82, 2.24) is 0 Å². The van der Waals surface area contributed by atoms with Crippen LogP contribution in [0.1, 0.15) is 25.7 Å². The number of Topliss-reactive ketones (excluding diaryl/α,β-unsaturated/α-hetero) is 1. The van der Waals surface area contributed by atoms with Gasteiger partial charge in [0, 0.05) is 19.4 Å². The molecule has 0 aromatic heterocycles. The summed E-state index contributed by atoms with van der Waals surface area (Å²) >= 11 is 0. The van der Waals surface area contributed by atoms with Crippen LogP contribution < -0.4 is 0 Å². The maximum atomic E-state index is 11.3. The van der Waals surface area contributed by atoms with Gasteiger partial charge in [0.15, 0.2) is 0 Å². The molecule has 0 radical (unpaired) electrons. The van der Waals surface area contributed by atoms with Crippen molar-refractivity contribution < 1.29 is 9.53 Å². The lowest BCUT2D eigenvalue weighted by molar-refractivity contribution is -0.139.